The van der Waals surface area contributed by atoms with E-state index in [1.165, 1.54) is 16.9 Å². The highest BCUT2D eigenvalue weighted by Crippen LogP contribution is 2.31. The molecule has 3 heterocycles. The molecule has 1 aliphatic rings. The van der Waals surface area contributed by atoms with Gasteiger partial charge < -0.3 is 9.46 Å². The van der Waals surface area contributed by atoms with Gasteiger partial charge in [-0.05, 0) is 32.3 Å². The normalized spacial score (nSPS) is 16.4. The molecule has 0 amide bonds. The van der Waals surface area contributed by atoms with Crippen LogP contribution in [0, 0.1) is 12.7 Å². The Balaban J connectivity index is 1.33. The third-order valence-corrected chi connectivity index (χ3v) is 6.85. The number of piperidine rings is 1. The van der Waals surface area contributed by atoms with Crippen molar-refractivity contribution in [3.8, 4) is 5.75 Å². The molecule has 1 unspecified atom stereocenters. The molecule has 1 aromatic carbocycles. The van der Waals surface area contributed by atoms with Crippen LogP contribution in [0.25, 0.3) is 0 Å². The monoisotopic (exact) mass is 444 g/mol. The Kier molecular flexibility index (Phi) is 6.86. The first-order valence-corrected chi connectivity index (χ1v) is 11.8. The molecule has 0 spiro atoms. The zero-order valence-electron chi connectivity index (χ0n) is 17.0. The third kappa shape index (κ3) is 4.94. The predicted molar refractivity (Wildman–Crippen MR) is 121 cm³/mol. The van der Waals surface area contributed by atoms with E-state index in [0.717, 1.165) is 37.9 Å². The van der Waals surface area contributed by atoms with E-state index in [1.807, 2.05) is 11.4 Å². The van der Waals surface area contributed by atoms with Crippen LogP contribution in [0.15, 0.2) is 52.4 Å². The van der Waals surface area contributed by atoms with E-state index in [1.54, 1.807) is 18.6 Å². The molecule has 1 N–H and O–H groups in total. The van der Waals surface area contributed by atoms with Crippen molar-refractivity contribution in [3.05, 3.63) is 64.4 Å². The van der Waals surface area contributed by atoms with Crippen molar-refractivity contribution < 1.29 is 9.13 Å². The molecule has 30 heavy (non-hydrogen) atoms. The average Bonchev–Trinajstić information content (AvgIpc) is 3.31. The molecule has 2 aromatic heterocycles. The number of pyridine rings is 1. The molecular weight excluding hydrogens is 419 g/mol. The van der Waals surface area contributed by atoms with Crippen molar-refractivity contribution in [2.24, 2.45) is 0 Å². The minimum Gasteiger partial charge on any atom is -0.488 e. The molecule has 1 aliphatic heterocycles. The van der Waals surface area contributed by atoms with Gasteiger partial charge in [0, 0.05) is 42.0 Å². The smallest absolute Gasteiger partial charge is 0.163 e. The summed E-state index contributed by atoms with van der Waals surface area (Å²) in [5.41, 5.74) is 3.55. The van der Waals surface area contributed by atoms with Crippen LogP contribution in [-0.2, 0) is 0 Å². The Morgan fingerprint density at radius 2 is 2.00 bits per heavy atom. The number of thiazole rings is 1. The molecule has 5 nitrogen and oxygen atoms in total. The van der Waals surface area contributed by atoms with Gasteiger partial charge in [0.1, 0.15) is 17.7 Å². The molecule has 3 aromatic rings. The first-order valence-electron chi connectivity index (χ1n) is 10.0. The second-order valence-corrected chi connectivity index (χ2v) is 8.90. The molecule has 1 fully saturated rings. The second-order valence-electron chi connectivity index (χ2n) is 7.38. The SMILES string of the molecule is Cc1c(OC2CCN(C(C)c3ccccc3)CC2)cnc(SNc2cscn2)c1F. The summed E-state index contributed by atoms with van der Waals surface area (Å²) in [5.74, 6) is 0.871. The maximum Gasteiger partial charge on any atom is 0.163 e. The quantitative estimate of drug-likeness (QED) is 0.471. The lowest BCUT2D eigenvalue weighted by atomic mass is 10.0. The highest BCUT2D eigenvalue weighted by atomic mass is 32.2. The lowest BCUT2D eigenvalue weighted by molar-refractivity contribution is 0.0787. The molecule has 0 saturated carbocycles. The number of ether oxygens (including phenoxy) is 1. The predicted octanol–water partition coefficient (Wildman–Crippen LogP) is 5.71. The van der Waals surface area contributed by atoms with E-state index in [-0.39, 0.29) is 11.9 Å². The fraction of sp³-hybridized carbons (Fsp3) is 0.364. The van der Waals surface area contributed by atoms with E-state index in [2.05, 4.69) is 50.8 Å². The number of aromatic nitrogens is 2. The van der Waals surface area contributed by atoms with Gasteiger partial charge in [-0.15, -0.1) is 11.3 Å². The summed E-state index contributed by atoms with van der Waals surface area (Å²) in [5, 5.41) is 2.15. The zero-order valence-corrected chi connectivity index (χ0v) is 18.7. The number of halogens is 1. The number of likely N-dealkylation sites (tertiary alicyclic amines) is 1. The molecule has 8 heteroatoms. The summed E-state index contributed by atoms with van der Waals surface area (Å²) in [7, 11) is 0. The summed E-state index contributed by atoms with van der Waals surface area (Å²) in [6.45, 7) is 5.91. The van der Waals surface area contributed by atoms with Gasteiger partial charge in [0.2, 0.25) is 0 Å². The molecule has 1 atom stereocenters. The molecule has 4 rings (SSSR count). The van der Waals surface area contributed by atoms with Crippen LogP contribution >= 0.6 is 23.3 Å². The summed E-state index contributed by atoms with van der Waals surface area (Å²) in [4.78, 5) is 10.9. The van der Waals surface area contributed by atoms with Crippen molar-refractivity contribution in [3.63, 3.8) is 0 Å². The Labute approximate surface area is 184 Å². The number of anilines is 1. The van der Waals surface area contributed by atoms with Gasteiger partial charge in [0.25, 0.3) is 0 Å². The molecule has 0 aliphatic carbocycles. The van der Waals surface area contributed by atoms with E-state index in [4.69, 9.17) is 4.74 Å². The standard InChI is InChI=1S/C22H25FN4OS2/c1-15-19(12-24-22(21(15)23)30-26-20-13-29-14-25-20)28-18-8-10-27(11-9-18)16(2)17-6-4-3-5-7-17/h3-7,12-14,16,18,26H,8-11H2,1-2H3. The van der Waals surface area contributed by atoms with Crippen LogP contribution in [0.5, 0.6) is 5.75 Å². The van der Waals surface area contributed by atoms with Crippen LogP contribution in [0.3, 0.4) is 0 Å². The number of hydrogen-bond acceptors (Lipinski definition) is 7. The van der Waals surface area contributed by atoms with E-state index >= 15 is 0 Å². The fourth-order valence-electron chi connectivity index (χ4n) is 3.60. The number of nitrogens with zero attached hydrogens (tertiary/aromatic N) is 3. The zero-order chi connectivity index (χ0) is 20.9. The van der Waals surface area contributed by atoms with Crippen LogP contribution in [-0.4, -0.2) is 34.1 Å². The van der Waals surface area contributed by atoms with Crippen LogP contribution in [0.4, 0.5) is 10.2 Å². The fourth-order valence-corrected chi connectivity index (χ4v) is 4.82. The molecular formula is C22H25FN4OS2. The molecule has 158 valence electrons. The molecule has 0 bridgehead atoms. The highest BCUT2D eigenvalue weighted by Gasteiger charge is 2.25. The van der Waals surface area contributed by atoms with Crippen molar-refractivity contribution in [1.82, 2.24) is 14.9 Å². The number of nitrogens with one attached hydrogen (secondary N) is 1. The number of hydrogen-bond donors (Lipinski definition) is 1. The summed E-state index contributed by atoms with van der Waals surface area (Å²) >= 11 is 2.60. The Bertz CT molecular complexity index is 947. The maximum absolute atomic E-state index is 14.8. The first kappa shape index (κ1) is 21.1. The Hall–Kier alpha value is -2.16. The minimum atomic E-state index is -0.352. The maximum atomic E-state index is 14.8. The third-order valence-electron chi connectivity index (χ3n) is 5.47. The van der Waals surface area contributed by atoms with Gasteiger partial charge in [-0.2, -0.15) is 0 Å². The summed E-state index contributed by atoms with van der Waals surface area (Å²) < 4.78 is 23.9. The van der Waals surface area contributed by atoms with Gasteiger partial charge >= 0.3 is 0 Å². The first-order chi connectivity index (χ1) is 14.6. The lowest BCUT2D eigenvalue weighted by Gasteiger charge is -2.36. The van der Waals surface area contributed by atoms with Gasteiger partial charge in [-0.1, -0.05) is 30.3 Å². The van der Waals surface area contributed by atoms with Gasteiger partial charge in [0.05, 0.1) is 11.7 Å². The van der Waals surface area contributed by atoms with Crippen LogP contribution < -0.4 is 9.46 Å². The van der Waals surface area contributed by atoms with Crippen molar-refractivity contribution in [2.75, 3.05) is 17.8 Å². The van der Waals surface area contributed by atoms with Gasteiger partial charge in [0.15, 0.2) is 10.8 Å². The molecule has 0 radical (unpaired) electrons. The Morgan fingerprint density at radius 1 is 1.23 bits per heavy atom. The summed E-state index contributed by atoms with van der Waals surface area (Å²) in [6, 6.07) is 10.9. The second kappa shape index (κ2) is 9.76. The van der Waals surface area contributed by atoms with Crippen molar-refractivity contribution >= 4 is 29.1 Å². The highest BCUT2D eigenvalue weighted by molar-refractivity contribution is 8.00. The average molecular weight is 445 g/mol. The van der Waals surface area contributed by atoms with E-state index < -0.39 is 0 Å². The number of rotatable bonds is 7. The van der Waals surface area contributed by atoms with Crippen LogP contribution in [0.1, 0.15) is 36.9 Å². The Morgan fingerprint density at radius 3 is 2.70 bits per heavy atom. The minimum absolute atomic E-state index is 0.0794. The lowest BCUT2D eigenvalue weighted by Crippen LogP contribution is -2.39. The molecule has 1 saturated heterocycles. The van der Waals surface area contributed by atoms with Crippen molar-refractivity contribution in [2.45, 2.75) is 43.9 Å². The van der Waals surface area contributed by atoms with E-state index in [0.29, 0.717) is 28.2 Å². The topological polar surface area (TPSA) is 50.3 Å². The van der Waals surface area contributed by atoms with Gasteiger partial charge in [-0.3, -0.25) is 4.90 Å². The van der Waals surface area contributed by atoms with Crippen molar-refractivity contribution in [1.29, 1.82) is 0 Å². The van der Waals surface area contributed by atoms with Crippen LogP contribution in [0.2, 0.25) is 0 Å². The largest absolute Gasteiger partial charge is 0.488 e. The van der Waals surface area contributed by atoms with Gasteiger partial charge in [-0.25, -0.2) is 14.4 Å². The number of benzene rings is 1. The summed E-state index contributed by atoms with van der Waals surface area (Å²) in [6.07, 6.45) is 3.54. The van der Waals surface area contributed by atoms with E-state index in [9.17, 15) is 4.39 Å².